The van der Waals surface area contributed by atoms with Crippen LogP contribution < -0.4 is 11.0 Å². The van der Waals surface area contributed by atoms with Gasteiger partial charge in [0.05, 0.1) is 17.9 Å². The first-order valence-corrected chi connectivity index (χ1v) is 10.5. The predicted octanol–water partition coefficient (Wildman–Crippen LogP) is 3.84. The lowest BCUT2D eigenvalue weighted by Gasteiger charge is -2.23. The monoisotopic (exact) mass is 369 g/mol. The van der Waals surface area contributed by atoms with E-state index in [9.17, 15) is 4.57 Å². The molecule has 8 heteroatoms. The quantitative estimate of drug-likeness (QED) is 0.590. The van der Waals surface area contributed by atoms with Crippen molar-refractivity contribution in [2.75, 3.05) is 12.0 Å². The molecule has 1 aromatic carbocycles. The summed E-state index contributed by atoms with van der Waals surface area (Å²) in [5.74, 6) is 0.273. The summed E-state index contributed by atoms with van der Waals surface area (Å²) < 4.78 is 26.4. The van der Waals surface area contributed by atoms with E-state index < -0.39 is 7.60 Å². The summed E-state index contributed by atoms with van der Waals surface area (Å²) in [7, 11) is -3.60. The van der Waals surface area contributed by atoms with E-state index in [4.69, 9.17) is 14.8 Å². The third-order valence-corrected chi connectivity index (χ3v) is 6.24. The molecule has 1 heterocycles. The lowest BCUT2D eigenvalue weighted by atomic mass is 10.3. The van der Waals surface area contributed by atoms with Crippen LogP contribution >= 0.6 is 19.4 Å². The van der Waals surface area contributed by atoms with Crippen molar-refractivity contribution in [3.63, 3.8) is 0 Å². The molecule has 0 saturated heterocycles. The zero-order chi connectivity index (χ0) is 17.9. The van der Waals surface area contributed by atoms with Gasteiger partial charge in [-0.2, -0.15) is 5.10 Å². The molecular formula is C16H24N3O3PS. The van der Waals surface area contributed by atoms with Crippen LogP contribution in [0.1, 0.15) is 27.7 Å². The molecule has 24 heavy (non-hydrogen) atoms. The van der Waals surface area contributed by atoms with Gasteiger partial charge in [0, 0.05) is 0 Å². The lowest BCUT2D eigenvalue weighted by molar-refractivity contribution is 0.150. The first kappa shape index (κ1) is 19.1. The minimum atomic E-state index is -3.60. The van der Waals surface area contributed by atoms with Crippen LogP contribution in [0.5, 0.6) is 0 Å². The molecule has 2 rings (SSSR count). The lowest BCUT2D eigenvalue weighted by Crippen LogP contribution is -2.20. The van der Waals surface area contributed by atoms with Gasteiger partial charge in [-0.1, -0.05) is 18.2 Å². The predicted molar refractivity (Wildman–Crippen MR) is 99.4 cm³/mol. The summed E-state index contributed by atoms with van der Waals surface area (Å²) in [4.78, 5) is 0. The number of rotatable bonds is 7. The van der Waals surface area contributed by atoms with Gasteiger partial charge in [0.2, 0.25) is 0 Å². The minimum Gasteiger partial charge on any atom is -0.383 e. The highest BCUT2D eigenvalue weighted by molar-refractivity contribution is 7.99. The molecule has 0 atom stereocenters. The number of nitrogen functional groups attached to an aromatic ring is 1. The van der Waals surface area contributed by atoms with E-state index in [2.05, 4.69) is 5.10 Å². The minimum absolute atomic E-state index is 0.273. The molecule has 0 fully saturated rings. The highest BCUT2D eigenvalue weighted by Gasteiger charge is 2.38. The van der Waals surface area contributed by atoms with Crippen molar-refractivity contribution in [3.8, 4) is 5.69 Å². The molecule has 0 aliphatic carbocycles. The molecule has 2 aromatic rings. The maximum absolute atomic E-state index is 13.5. The van der Waals surface area contributed by atoms with Gasteiger partial charge in [-0.3, -0.25) is 4.57 Å². The highest BCUT2D eigenvalue weighted by atomic mass is 32.2. The second kappa shape index (κ2) is 7.74. The number of para-hydroxylation sites is 1. The Morgan fingerprint density at radius 3 is 2.12 bits per heavy atom. The maximum atomic E-state index is 13.5. The average molecular weight is 369 g/mol. The Balaban J connectivity index is 2.62. The molecule has 2 N–H and O–H groups in total. The summed E-state index contributed by atoms with van der Waals surface area (Å²) in [6.45, 7) is 7.25. The SMILES string of the molecule is CSc1nn(-c2ccccc2)c(N)c1P(=O)(OC(C)C)OC(C)C. The van der Waals surface area contributed by atoms with Gasteiger partial charge < -0.3 is 14.8 Å². The van der Waals surface area contributed by atoms with Crippen LogP contribution in [0.15, 0.2) is 35.4 Å². The Kier molecular flexibility index (Phi) is 6.15. The van der Waals surface area contributed by atoms with E-state index in [-0.39, 0.29) is 18.0 Å². The van der Waals surface area contributed by atoms with Gasteiger partial charge in [0.25, 0.3) is 0 Å². The van der Waals surface area contributed by atoms with Gasteiger partial charge in [-0.05, 0) is 46.1 Å². The first-order valence-electron chi connectivity index (χ1n) is 7.73. The van der Waals surface area contributed by atoms with Gasteiger partial charge >= 0.3 is 7.60 Å². The molecule has 6 nitrogen and oxygen atoms in total. The molecule has 1 aromatic heterocycles. The zero-order valence-electron chi connectivity index (χ0n) is 14.6. The van der Waals surface area contributed by atoms with E-state index >= 15 is 0 Å². The van der Waals surface area contributed by atoms with Gasteiger partial charge in [0.1, 0.15) is 16.1 Å². The standard InChI is InChI=1S/C16H24N3O3PS/c1-11(2)21-23(20,22-12(3)4)14-15(17)19(18-16(14)24-5)13-9-7-6-8-10-13/h6-12H,17H2,1-5H3. The Labute approximate surface area is 147 Å². The topological polar surface area (TPSA) is 79.4 Å². The molecule has 0 aliphatic heterocycles. The van der Waals surface area contributed by atoms with Gasteiger partial charge in [0.15, 0.2) is 0 Å². The van der Waals surface area contributed by atoms with E-state index in [0.29, 0.717) is 10.3 Å². The van der Waals surface area contributed by atoms with E-state index in [1.165, 1.54) is 11.8 Å². The number of benzene rings is 1. The fourth-order valence-electron chi connectivity index (χ4n) is 2.25. The van der Waals surface area contributed by atoms with Crippen molar-refractivity contribution in [2.24, 2.45) is 0 Å². The van der Waals surface area contributed by atoms with Crippen molar-refractivity contribution in [1.29, 1.82) is 0 Å². The number of thioether (sulfide) groups is 1. The number of hydrogen-bond acceptors (Lipinski definition) is 6. The number of anilines is 1. The average Bonchev–Trinajstić information content (AvgIpc) is 2.84. The Bertz CT molecular complexity index is 718. The van der Waals surface area contributed by atoms with Crippen molar-refractivity contribution >= 4 is 30.5 Å². The highest BCUT2D eigenvalue weighted by Crippen LogP contribution is 2.52. The molecule has 0 aliphatic rings. The molecular weight excluding hydrogens is 345 g/mol. The van der Waals surface area contributed by atoms with Crippen LogP contribution in [0.4, 0.5) is 5.82 Å². The van der Waals surface area contributed by atoms with Gasteiger partial charge in [-0.25, -0.2) is 4.68 Å². The number of nitrogens with two attached hydrogens (primary N) is 1. The Morgan fingerprint density at radius 1 is 1.12 bits per heavy atom. The second-order valence-electron chi connectivity index (χ2n) is 5.80. The number of hydrogen-bond donors (Lipinski definition) is 1. The Hall–Kier alpha value is -1.27. The van der Waals surface area contributed by atoms with Crippen LogP contribution in [-0.2, 0) is 13.6 Å². The third-order valence-electron chi connectivity index (χ3n) is 3.03. The molecule has 0 spiro atoms. The molecule has 0 bridgehead atoms. The third kappa shape index (κ3) is 4.03. The number of nitrogens with zero attached hydrogens (tertiary/aromatic N) is 2. The smallest absolute Gasteiger partial charge is 0.368 e. The van der Waals surface area contributed by atoms with E-state index in [0.717, 1.165) is 5.69 Å². The normalized spacial score (nSPS) is 12.3. The van der Waals surface area contributed by atoms with Crippen molar-refractivity contribution in [2.45, 2.75) is 44.9 Å². The fourth-order valence-corrected chi connectivity index (χ4v) is 5.34. The molecule has 132 valence electrons. The summed E-state index contributed by atoms with van der Waals surface area (Å²) in [5.41, 5.74) is 7.09. The van der Waals surface area contributed by atoms with E-state index in [1.807, 2.05) is 64.3 Å². The van der Waals surface area contributed by atoms with Crippen molar-refractivity contribution < 1.29 is 13.6 Å². The van der Waals surface area contributed by atoms with Crippen molar-refractivity contribution in [3.05, 3.63) is 30.3 Å². The van der Waals surface area contributed by atoms with Crippen LogP contribution in [-0.4, -0.2) is 28.2 Å². The van der Waals surface area contributed by atoms with Crippen LogP contribution in [0.25, 0.3) is 5.69 Å². The molecule has 0 radical (unpaired) electrons. The molecule has 0 amide bonds. The summed E-state index contributed by atoms with van der Waals surface area (Å²) >= 11 is 1.36. The Morgan fingerprint density at radius 2 is 1.67 bits per heavy atom. The van der Waals surface area contributed by atoms with E-state index in [1.54, 1.807) is 4.68 Å². The second-order valence-corrected chi connectivity index (χ2v) is 8.46. The largest absolute Gasteiger partial charge is 0.383 e. The zero-order valence-corrected chi connectivity index (χ0v) is 16.3. The first-order chi connectivity index (χ1) is 11.3. The van der Waals surface area contributed by atoms with Crippen LogP contribution in [0.3, 0.4) is 0 Å². The van der Waals surface area contributed by atoms with Crippen molar-refractivity contribution in [1.82, 2.24) is 9.78 Å². The summed E-state index contributed by atoms with van der Waals surface area (Å²) in [6.07, 6.45) is 1.31. The van der Waals surface area contributed by atoms with Gasteiger partial charge in [-0.15, -0.1) is 11.8 Å². The van der Waals surface area contributed by atoms with Crippen LogP contribution in [0.2, 0.25) is 0 Å². The van der Waals surface area contributed by atoms with Crippen LogP contribution in [0, 0.1) is 0 Å². The fraction of sp³-hybridized carbons (Fsp3) is 0.438. The number of aromatic nitrogens is 2. The maximum Gasteiger partial charge on any atom is 0.368 e. The molecule has 0 saturated carbocycles. The summed E-state index contributed by atoms with van der Waals surface area (Å²) in [5, 5.41) is 5.38. The summed E-state index contributed by atoms with van der Waals surface area (Å²) in [6, 6.07) is 9.46. The molecule has 0 unspecified atom stereocenters.